The van der Waals surface area contributed by atoms with Gasteiger partial charge in [0.25, 0.3) is 5.91 Å². The summed E-state index contributed by atoms with van der Waals surface area (Å²) in [6.07, 6.45) is 0.913. The van der Waals surface area contributed by atoms with Crippen molar-refractivity contribution in [3.63, 3.8) is 0 Å². The Kier molecular flexibility index (Phi) is 6.13. The number of nitrogens with zero attached hydrogens (tertiary/aromatic N) is 3. The van der Waals surface area contributed by atoms with Crippen LogP contribution in [0.3, 0.4) is 0 Å². The summed E-state index contributed by atoms with van der Waals surface area (Å²) >= 11 is 1.03. The third-order valence-electron chi connectivity index (χ3n) is 4.87. The zero-order valence-electron chi connectivity index (χ0n) is 17.4. The van der Waals surface area contributed by atoms with Gasteiger partial charge >= 0.3 is 11.7 Å². The Morgan fingerprint density at radius 1 is 1.16 bits per heavy atom. The minimum absolute atomic E-state index is 0.153. The SMILES string of the molecule is CCc1ccc(NC(=O)c2nnc(COC(=O)C(C)n3c(=O)oc4ccccc43)s2)cc1. The van der Waals surface area contributed by atoms with Crippen molar-refractivity contribution in [2.24, 2.45) is 0 Å². The second-order valence-corrected chi connectivity index (χ2v) is 8.06. The van der Waals surface area contributed by atoms with Crippen molar-refractivity contribution in [1.29, 1.82) is 0 Å². The van der Waals surface area contributed by atoms with E-state index in [4.69, 9.17) is 9.15 Å². The molecule has 164 valence electrons. The van der Waals surface area contributed by atoms with Crippen LogP contribution in [0.4, 0.5) is 5.69 Å². The normalized spacial score (nSPS) is 11.9. The van der Waals surface area contributed by atoms with Gasteiger partial charge in [0, 0.05) is 5.69 Å². The van der Waals surface area contributed by atoms with Gasteiger partial charge in [0.05, 0.1) is 5.52 Å². The molecule has 1 atom stereocenters. The molecule has 32 heavy (non-hydrogen) atoms. The highest BCUT2D eigenvalue weighted by molar-refractivity contribution is 7.13. The van der Waals surface area contributed by atoms with Crippen molar-refractivity contribution in [3.8, 4) is 0 Å². The maximum atomic E-state index is 12.5. The van der Waals surface area contributed by atoms with E-state index in [0.29, 0.717) is 21.8 Å². The summed E-state index contributed by atoms with van der Waals surface area (Å²) in [7, 11) is 0. The number of carbonyl (C=O) groups excluding carboxylic acids is 2. The van der Waals surface area contributed by atoms with Crippen LogP contribution in [-0.4, -0.2) is 26.6 Å². The van der Waals surface area contributed by atoms with Crippen molar-refractivity contribution in [2.75, 3.05) is 5.32 Å². The number of oxazole rings is 1. The fraction of sp³-hybridized carbons (Fsp3) is 0.227. The number of hydrogen-bond acceptors (Lipinski definition) is 8. The molecule has 2 aromatic heterocycles. The molecule has 0 aliphatic carbocycles. The highest BCUT2D eigenvalue weighted by Gasteiger charge is 2.23. The third-order valence-corrected chi connectivity index (χ3v) is 5.76. The molecule has 0 aliphatic rings. The molecule has 10 heteroatoms. The molecule has 4 rings (SSSR count). The number of para-hydroxylation sites is 2. The van der Waals surface area contributed by atoms with E-state index in [1.54, 1.807) is 31.2 Å². The first-order valence-corrected chi connectivity index (χ1v) is 10.8. The van der Waals surface area contributed by atoms with Crippen molar-refractivity contribution in [3.05, 3.63) is 74.7 Å². The molecule has 9 nitrogen and oxygen atoms in total. The summed E-state index contributed by atoms with van der Waals surface area (Å²) in [6, 6.07) is 13.5. The first-order valence-electron chi connectivity index (χ1n) is 9.95. The number of aryl methyl sites for hydroxylation is 1. The summed E-state index contributed by atoms with van der Waals surface area (Å²) < 4.78 is 11.7. The quantitative estimate of drug-likeness (QED) is 0.426. The number of aromatic nitrogens is 3. The summed E-state index contributed by atoms with van der Waals surface area (Å²) in [5.41, 5.74) is 2.72. The predicted molar refractivity (Wildman–Crippen MR) is 119 cm³/mol. The fourth-order valence-corrected chi connectivity index (χ4v) is 3.77. The van der Waals surface area contributed by atoms with Gasteiger partial charge in [-0.15, -0.1) is 10.2 Å². The lowest BCUT2D eigenvalue weighted by molar-refractivity contribution is -0.148. The summed E-state index contributed by atoms with van der Waals surface area (Å²) in [5.74, 6) is -1.66. The highest BCUT2D eigenvalue weighted by Crippen LogP contribution is 2.19. The van der Waals surface area contributed by atoms with Crippen LogP contribution in [0, 0.1) is 0 Å². The van der Waals surface area contributed by atoms with Crippen molar-refractivity contribution < 1.29 is 18.7 Å². The van der Waals surface area contributed by atoms with Crippen LogP contribution in [0.5, 0.6) is 0 Å². The predicted octanol–water partition coefficient (Wildman–Crippen LogP) is 3.57. The Morgan fingerprint density at radius 2 is 1.91 bits per heavy atom. The standard InChI is InChI=1S/C22H20N4O5S/c1-3-14-8-10-15(11-9-14)23-19(27)20-25-24-18(32-20)12-30-21(28)13(2)26-16-6-4-5-7-17(16)31-22(26)29/h4-11,13H,3,12H2,1-2H3,(H,23,27). The second-order valence-electron chi connectivity index (χ2n) is 6.99. The van der Waals surface area contributed by atoms with E-state index in [1.807, 2.05) is 24.3 Å². The van der Waals surface area contributed by atoms with Crippen molar-refractivity contribution in [1.82, 2.24) is 14.8 Å². The number of fused-ring (bicyclic) bond motifs is 1. The number of anilines is 1. The van der Waals surface area contributed by atoms with Gasteiger partial charge in [0.1, 0.15) is 12.6 Å². The van der Waals surface area contributed by atoms with E-state index in [-0.39, 0.29) is 11.6 Å². The number of rotatable bonds is 7. The number of nitrogens with one attached hydrogen (secondary N) is 1. The van der Waals surface area contributed by atoms with E-state index >= 15 is 0 Å². The monoisotopic (exact) mass is 452 g/mol. The average Bonchev–Trinajstić information content (AvgIpc) is 3.41. The molecule has 0 saturated heterocycles. The summed E-state index contributed by atoms with van der Waals surface area (Å²) in [4.78, 5) is 37.0. The van der Waals surface area contributed by atoms with Gasteiger partial charge in [-0.3, -0.25) is 9.36 Å². The van der Waals surface area contributed by atoms with Crippen LogP contribution < -0.4 is 11.1 Å². The molecular weight excluding hydrogens is 432 g/mol. The Balaban J connectivity index is 1.38. The Morgan fingerprint density at radius 3 is 2.66 bits per heavy atom. The maximum absolute atomic E-state index is 12.5. The largest absolute Gasteiger partial charge is 0.457 e. The molecular formula is C22H20N4O5S. The molecule has 0 aliphatic heterocycles. The van der Waals surface area contributed by atoms with Crippen LogP contribution in [-0.2, 0) is 22.6 Å². The van der Waals surface area contributed by atoms with E-state index < -0.39 is 23.7 Å². The molecule has 4 aromatic rings. The number of carbonyl (C=O) groups is 2. The van der Waals surface area contributed by atoms with Gasteiger partial charge in [-0.25, -0.2) is 9.59 Å². The number of benzene rings is 2. The minimum atomic E-state index is -0.895. The average molecular weight is 452 g/mol. The second kappa shape index (κ2) is 9.15. The minimum Gasteiger partial charge on any atom is -0.457 e. The van der Waals surface area contributed by atoms with E-state index in [9.17, 15) is 14.4 Å². The van der Waals surface area contributed by atoms with Crippen LogP contribution in [0.15, 0.2) is 57.7 Å². The first-order chi connectivity index (χ1) is 15.5. The smallest absolute Gasteiger partial charge is 0.420 e. The topological polar surface area (TPSA) is 116 Å². The molecule has 1 amide bonds. The third kappa shape index (κ3) is 4.45. The summed E-state index contributed by atoms with van der Waals surface area (Å²) in [6.45, 7) is 3.44. The molecule has 2 aromatic carbocycles. The summed E-state index contributed by atoms with van der Waals surface area (Å²) in [5, 5.41) is 11.1. The van der Waals surface area contributed by atoms with Gasteiger partial charge in [-0.2, -0.15) is 0 Å². The first kappa shape index (κ1) is 21.4. The maximum Gasteiger partial charge on any atom is 0.420 e. The van der Waals surface area contributed by atoms with Crippen LogP contribution in [0.2, 0.25) is 0 Å². The van der Waals surface area contributed by atoms with Gasteiger partial charge in [-0.1, -0.05) is 42.5 Å². The van der Waals surface area contributed by atoms with Crippen molar-refractivity contribution >= 4 is 40.0 Å². The van der Waals surface area contributed by atoms with E-state index in [1.165, 1.54) is 10.1 Å². The number of ether oxygens (including phenoxy) is 1. The van der Waals surface area contributed by atoms with Gasteiger partial charge in [0.15, 0.2) is 10.6 Å². The molecule has 0 fully saturated rings. The molecule has 1 unspecified atom stereocenters. The van der Waals surface area contributed by atoms with E-state index in [0.717, 1.165) is 17.8 Å². The van der Waals surface area contributed by atoms with Gasteiger partial charge in [-0.05, 0) is 43.2 Å². The van der Waals surface area contributed by atoms with E-state index in [2.05, 4.69) is 22.4 Å². The molecule has 0 bridgehead atoms. The number of amides is 1. The lowest BCUT2D eigenvalue weighted by atomic mass is 10.1. The Hall–Kier alpha value is -3.79. The van der Waals surface area contributed by atoms with Crippen LogP contribution in [0.25, 0.3) is 11.1 Å². The van der Waals surface area contributed by atoms with Crippen LogP contribution >= 0.6 is 11.3 Å². The lowest BCUT2D eigenvalue weighted by Crippen LogP contribution is -2.26. The van der Waals surface area contributed by atoms with Crippen molar-refractivity contribution in [2.45, 2.75) is 32.9 Å². The molecule has 1 N–H and O–H groups in total. The molecule has 2 heterocycles. The fourth-order valence-electron chi connectivity index (χ4n) is 3.12. The zero-order chi connectivity index (χ0) is 22.7. The Labute approximate surface area is 186 Å². The Bertz CT molecular complexity index is 1320. The number of hydrogen-bond donors (Lipinski definition) is 1. The molecule has 0 saturated carbocycles. The molecule has 0 spiro atoms. The molecule has 0 radical (unpaired) electrons. The number of esters is 1. The van der Waals surface area contributed by atoms with Gasteiger partial charge in [0.2, 0.25) is 5.01 Å². The zero-order valence-corrected chi connectivity index (χ0v) is 18.2. The van der Waals surface area contributed by atoms with Crippen LogP contribution in [0.1, 0.15) is 40.3 Å². The lowest BCUT2D eigenvalue weighted by Gasteiger charge is -2.11. The highest BCUT2D eigenvalue weighted by atomic mass is 32.1. The van der Waals surface area contributed by atoms with Gasteiger partial charge < -0.3 is 14.5 Å².